The first-order valence-corrected chi connectivity index (χ1v) is 8.63. The van der Waals surface area contributed by atoms with Crippen LogP contribution < -0.4 is 5.32 Å². The van der Waals surface area contributed by atoms with Crippen LogP contribution in [0.5, 0.6) is 0 Å². The number of hydrogen-bond donors (Lipinski definition) is 1. The molecule has 1 unspecified atom stereocenters. The van der Waals surface area contributed by atoms with Gasteiger partial charge in [0, 0.05) is 18.5 Å². The number of rotatable bonds is 6. The number of anilines is 1. The van der Waals surface area contributed by atoms with Gasteiger partial charge in [-0.1, -0.05) is 19.1 Å². The number of benzene rings is 1. The smallest absolute Gasteiger partial charge is 0.250 e. The molecule has 0 spiro atoms. The van der Waals surface area contributed by atoms with E-state index in [-0.39, 0.29) is 11.7 Å². The second-order valence-electron chi connectivity index (χ2n) is 5.58. The van der Waals surface area contributed by atoms with E-state index in [0.29, 0.717) is 18.8 Å². The second kappa shape index (κ2) is 7.60. The van der Waals surface area contributed by atoms with Crippen LogP contribution >= 0.6 is 15.9 Å². The van der Waals surface area contributed by atoms with Crippen LogP contribution in [0.25, 0.3) is 0 Å². The van der Waals surface area contributed by atoms with E-state index in [2.05, 4.69) is 31.4 Å². The average molecular weight is 406 g/mol. The van der Waals surface area contributed by atoms with Crippen molar-refractivity contribution < 1.29 is 9.18 Å². The van der Waals surface area contributed by atoms with Crippen molar-refractivity contribution in [3.63, 3.8) is 0 Å². The zero-order chi connectivity index (χ0) is 17.8. The summed E-state index contributed by atoms with van der Waals surface area (Å²) < 4.78 is 17.1. The molecule has 1 aromatic carbocycles. The van der Waals surface area contributed by atoms with Crippen LogP contribution in [0.4, 0.5) is 10.2 Å². The number of amides is 1. The van der Waals surface area contributed by atoms with E-state index in [1.165, 1.54) is 12.1 Å². The molecule has 2 aromatic heterocycles. The van der Waals surface area contributed by atoms with Gasteiger partial charge in [0.2, 0.25) is 5.91 Å². The van der Waals surface area contributed by atoms with Gasteiger partial charge in [-0.05, 0) is 40.0 Å². The van der Waals surface area contributed by atoms with Crippen molar-refractivity contribution in [1.29, 1.82) is 0 Å². The average Bonchev–Trinajstić information content (AvgIpc) is 3.20. The van der Waals surface area contributed by atoms with Crippen molar-refractivity contribution >= 4 is 27.7 Å². The lowest BCUT2D eigenvalue weighted by Gasteiger charge is -2.14. The van der Waals surface area contributed by atoms with Crippen LogP contribution in [-0.2, 0) is 11.3 Å². The first kappa shape index (κ1) is 17.3. The Hall–Kier alpha value is -2.48. The molecule has 0 saturated heterocycles. The Morgan fingerprint density at radius 2 is 2.08 bits per heavy atom. The lowest BCUT2D eigenvalue weighted by molar-refractivity contribution is -0.119. The van der Waals surface area contributed by atoms with Gasteiger partial charge in [0.05, 0.1) is 17.2 Å². The molecule has 130 valence electrons. The van der Waals surface area contributed by atoms with Gasteiger partial charge in [0.25, 0.3) is 0 Å². The van der Waals surface area contributed by atoms with Gasteiger partial charge in [-0.2, -0.15) is 10.2 Å². The van der Waals surface area contributed by atoms with Crippen molar-refractivity contribution in [2.75, 3.05) is 5.32 Å². The van der Waals surface area contributed by atoms with Crippen LogP contribution in [0.3, 0.4) is 0 Å². The minimum atomic E-state index is -0.409. The van der Waals surface area contributed by atoms with Crippen molar-refractivity contribution in [3.8, 4) is 0 Å². The van der Waals surface area contributed by atoms with Crippen LogP contribution in [0.15, 0.2) is 53.4 Å². The molecule has 1 atom stereocenters. The summed E-state index contributed by atoms with van der Waals surface area (Å²) in [5, 5.41) is 11.3. The minimum absolute atomic E-state index is 0.176. The predicted octanol–water partition coefficient (Wildman–Crippen LogP) is 3.62. The number of hydrogen-bond acceptors (Lipinski definition) is 3. The monoisotopic (exact) mass is 405 g/mol. The molecule has 0 fully saturated rings. The third-order valence-electron chi connectivity index (χ3n) is 3.73. The van der Waals surface area contributed by atoms with E-state index in [1.54, 1.807) is 46.2 Å². The number of carbonyl (C=O) groups is 1. The number of nitrogens with zero attached hydrogens (tertiary/aromatic N) is 4. The van der Waals surface area contributed by atoms with Crippen molar-refractivity contribution in [2.45, 2.75) is 25.9 Å². The highest BCUT2D eigenvalue weighted by Gasteiger charge is 2.20. The quantitative estimate of drug-likeness (QED) is 0.680. The summed E-state index contributed by atoms with van der Waals surface area (Å²) >= 11 is 3.33. The van der Waals surface area contributed by atoms with Gasteiger partial charge in [-0.25, -0.2) is 4.39 Å². The maximum atomic E-state index is 12.9. The molecule has 6 nitrogen and oxygen atoms in total. The van der Waals surface area contributed by atoms with Crippen LogP contribution in [0.2, 0.25) is 0 Å². The van der Waals surface area contributed by atoms with Gasteiger partial charge >= 0.3 is 0 Å². The first-order chi connectivity index (χ1) is 12.0. The van der Waals surface area contributed by atoms with Crippen molar-refractivity contribution in [1.82, 2.24) is 19.6 Å². The largest absolute Gasteiger partial charge is 0.307 e. The molecule has 8 heteroatoms. The Morgan fingerprint density at radius 3 is 2.72 bits per heavy atom. The van der Waals surface area contributed by atoms with Gasteiger partial charge < -0.3 is 5.32 Å². The molecular formula is C17H17BrFN5O. The molecule has 0 aliphatic rings. The zero-order valence-electron chi connectivity index (χ0n) is 13.6. The molecule has 0 radical (unpaired) electrons. The predicted molar refractivity (Wildman–Crippen MR) is 95.6 cm³/mol. The molecule has 0 saturated carbocycles. The fourth-order valence-electron chi connectivity index (χ4n) is 2.48. The van der Waals surface area contributed by atoms with E-state index in [0.717, 1.165) is 10.0 Å². The normalized spacial score (nSPS) is 12.1. The van der Waals surface area contributed by atoms with Crippen LogP contribution in [0.1, 0.15) is 24.9 Å². The summed E-state index contributed by atoms with van der Waals surface area (Å²) in [4.78, 5) is 12.5. The molecule has 3 rings (SSSR count). The standard InChI is InChI=1S/C17H17BrFN5O/c1-2-15(24-11-13(18)9-20-24)17(25)21-16-7-8-23(22-16)10-12-3-5-14(19)6-4-12/h3-9,11,15H,2,10H2,1H3,(H,21,22,25). The highest BCUT2D eigenvalue weighted by molar-refractivity contribution is 9.10. The van der Waals surface area contributed by atoms with Gasteiger partial charge in [0.15, 0.2) is 5.82 Å². The Balaban J connectivity index is 1.65. The third-order valence-corrected chi connectivity index (χ3v) is 4.14. The fourth-order valence-corrected chi connectivity index (χ4v) is 2.78. The molecule has 0 bridgehead atoms. The molecule has 25 heavy (non-hydrogen) atoms. The van der Waals surface area contributed by atoms with Crippen LogP contribution in [-0.4, -0.2) is 25.5 Å². The number of halogens is 2. The molecule has 1 amide bonds. The Bertz CT molecular complexity index is 858. The summed E-state index contributed by atoms with van der Waals surface area (Å²) in [6.07, 6.45) is 5.79. The Kier molecular flexibility index (Phi) is 5.28. The maximum Gasteiger partial charge on any atom is 0.250 e. The third kappa shape index (κ3) is 4.33. The Morgan fingerprint density at radius 1 is 1.32 bits per heavy atom. The number of nitrogens with one attached hydrogen (secondary N) is 1. The summed E-state index contributed by atoms with van der Waals surface area (Å²) in [6, 6.07) is 7.56. The van der Waals surface area contributed by atoms with E-state index < -0.39 is 6.04 Å². The molecule has 3 aromatic rings. The van der Waals surface area contributed by atoms with Gasteiger partial charge in [0.1, 0.15) is 11.9 Å². The highest BCUT2D eigenvalue weighted by atomic mass is 79.9. The zero-order valence-corrected chi connectivity index (χ0v) is 15.1. The minimum Gasteiger partial charge on any atom is -0.307 e. The Labute approximate surface area is 152 Å². The lowest BCUT2D eigenvalue weighted by atomic mass is 10.2. The molecule has 2 heterocycles. The number of aromatic nitrogens is 4. The topological polar surface area (TPSA) is 64.7 Å². The molecule has 0 aliphatic carbocycles. The summed E-state index contributed by atoms with van der Waals surface area (Å²) in [6.45, 7) is 2.42. The van der Waals surface area contributed by atoms with Gasteiger partial charge in [-0.15, -0.1) is 0 Å². The fraction of sp³-hybridized carbons (Fsp3) is 0.235. The van der Waals surface area contributed by atoms with E-state index >= 15 is 0 Å². The highest BCUT2D eigenvalue weighted by Crippen LogP contribution is 2.17. The van der Waals surface area contributed by atoms with Crippen LogP contribution in [0, 0.1) is 5.82 Å². The second-order valence-corrected chi connectivity index (χ2v) is 6.49. The lowest BCUT2D eigenvalue weighted by Crippen LogP contribution is -2.26. The van der Waals surface area contributed by atoms with E-state index in [9.17, 15) is 9.18 Å². The molecule has 0 aliphatic heterocycles. The molecule has 1 N–H and O–H groups in total. The number of carbonyl (C=O) groups excluding carboxylic acids is 1. The maximum absolute atomic E-state index is 12.9. The van der Waals surface area contributed by atoms with E-state index in [1.807, 2.05) is 6.92 Å². The van der Waals surface area contributed by atoms with Gasteiger partial charge in [-0.3, -0.25) is 14.2 Å². The summed E-state index contributed by atoms with van der Waals surface area (Å²) in [7, 11) is 0. The van der Waals surface area contributed by atoms with Crippen molar-refractivity contribution in [2.24, 2.45) is 0 Å². The van der Waals surface area contributed by atoms with Crippen molar-refractivity contribution in [3.05, 3.63) is 64.8 Å². The first-order valence-electron chi connectivity index (χ1n) is 7.83. The molecular weight excluding hydrogens is 389 g/mol. The SMILES string of the molecule is CCC(C(=O)Nc1ccn(Cc2ccc(F)cc2)n1)n1cc(Br)cn1. The summed E-state index contributed by atoms with van der Waals surface area (Å²) in [5.74, 6) is 0.0231. The van der Waals surface area contributed by atoms with E-state index in [4.69, 9.17) is 0 Å². The summed E-state index contributed by atoms with van der Waals surface area (Å²) in [5.41, 5.74) is 0.926.